The number of amides is 1. The lowest BCUT2D eigenvalue weighted by Crippen LogP contribution is -2.14. The van der Waals surface area contributed by atoms with Crippen LogP contribution in [-0.2, 0) is 11.8 Å². The van der Waals surface area contributed by atoms with Crippen molar-refractivity contribution in [1.29, 1.82) is 0 Å². The Balaban J connectivity index is 1.90. The minimum atomic E-state index is -0.204. The molecule has 0 aliphatic heterocycles. The van der Waals surface area contributed by atoms with E-state index in [2.05, 4.69) is 15.5 Å². The summed E-state index contributed by atoms with van der Waals surface area (Å²) in [7, 11) is 1.81. The van der Waals surface area contributed by atoms with E-state index in [0.717, 1.165) is 0 Å². The van der Waals surface area contributed by atoms with Crippen LogP contribution in [0.3, 0.4) is 0 Å². The molecule has 2 rings (SSSR count). The summed E-state index contributed by atoms with van der Waals surface area (Å²) in [5.41, 5.74) is 0.404. The lowest BCUT2D eigenvalue weighted by Gasteiger charge is -2.06. The van der Waals surface area contributed by atoms with Crippen molar-refractivity contribution in [3.05, 3.63) is 30.6 Å². The van der Waals surface area contributed by atoms with Crippen LogP contribution in [0.1, 0.15) is 0 Å². The molecule has 7 heteroatoms. The number of anilines is 1. The third-order valence-corrected chi connectivity index (χ3v) is 3.21. The fraction of sp³-hybridized carbons (Fsp3) is 0.182. The van der Waals surface area contributed by atoms with Crippen molar-refractivity contribution in [3.8, 4) is 5.75 Å². The highest BCUT2D eigenvalue weighted by Crippen LogP contribution is 2.22. The zero-order valence-corrected chi connectivity index (χ0v) is 10.5. The predicted molar refractivity (Wildman–Crippen MR) is 68.5 cm³/mol. The van der Waals surface area contributed by atoms with Crippen LogP contribution in [0, 0.1) is 0 Å². The molecule has 1 aromatic carbocycles. The van der Waals surface area contributed by atoms with Crippen molar-refractivity contribution in [2.45, 2.75) is 5.16 Å². The van der Waals surface area contributed by atoms with Gasteiger partial charge in [-0.05, 0) is 12.1 Å². The number of aromatic nitrogens is 3. The van der Waals surface area contributed by atoms with Crippen LogP contribution in [0.2, 0.25) is 0 Å². The summed E-state index contributed by atoms with van der Waals surface area (Å²) in [4.78, 5) is 11.7. The van der Waals surface area contributed by atoms with Gasteiger partial charge < -0.3 is 15.0 Å². The van der Waals surface area contributed by atoms with Gasteiger partial charge in [-0.2, -0.15) is 0 Å². The number of nitrogens with zero attached hydrogens (tertiary/aromatic N) is 3. The molecule has 18 heavy (non-hydrogen) atoms. The summed E-state index contributed by atoms with van der Waals surface area (Å²) < 4.78 is 1.73. The Hall–Kier alpha value is -2.02. The summed E-state index contributed by atoms with van der Waals surface area (Å²) >= 11 is 1.28. The second kappa shape index (κ2) is 5.54. The molecule has 2 aromatic rings. The number of rotatable bonds is 4. The molecule has 2 N–H and O–H groups in total. The van der Waals surface area contributed by atoms with Crippen LogP contribution < -0.4 is 5.32 Å². The average molecular weight is 264 g/mol. The maximum Gasteiger partial charge on any atom is 0.234 e. The number of hydrogen-bond acceptors (Lipinski definition) is 5. The molecule has 0 aliphatic carbocycles. The number of hydrogen-bond donors (Lipinski definition) is 2. The highest BCUT2D eigenvalue weighted by atomic mass is 32.2. The third kappa shape index (κ3) is 3.01. The topological polar surface area (TPSA) is 80.0 Å². The molecule has 0 radical (unpaired) electrons. The van der Waals surface area contributed by atoms with Crippen molar-refractivity contribution in [2.75, 3.05) is 11.1 Å². The fourth-order valence-electron chi connectivity index (χ4n) is 1.30. The number of phenolic OH excluding ortho intramolecular Hbond substituents is 1. The molecular formula is C11H12N4O2S. The Kier molecular flexibility index (Phi) is 3.83. The van der Waals surface area contributed by atoms with Crippen LogP contribution in [0.25, 0.3) is 0 Å². The molecule has 0 spiro atoms. The number of aromatic hydroxyl groups is 1. The van der Waals surface area contributed by atoms with Gasteiger partial charge in [-0.15, -0.1) is 10.2 Å². The first kappa shape index (κ1) is 12.4. The molecule has 1 aromatic heterocycles. The molecule has 6 nitrogen and oxygen atoms in total. The third-order valence-electron chi connectivity index (χ3n) is 2.18. The van der Waals surface area contributed by atoms with Gasteiger partial charge in [0.05, 0.1) is 11.4 Å². The van der Waals surface area contributed by atoms with E-state index in [-0.39, 0.29) is 17.4 Å². The standard InChI is InChI=1S/C11H12N4O2S/c1-15-7-12-14-11(15)18-6-10(17)13-8-4-2-3-5-9(8)16/h2-5,7,16H,6H2,1H3,(H,13,17). The number of para-hydroxylation sites is 2. The Morgan fingerprint density at radius 2 is 2.28 bits per heavy atom. The van der Waals surface area contributed by atoms with Gasteiger partial charge in [-0.1, -0.05) is 23.9 Å². The zero-order chi connectivity index (χ0) is 13.0. The number of carbonyl (C=O) groups is 1. The van der Waals surface area contributed by atoms with Gasteiger partial charge in [0.2, 0.25) is 5.91 Å². The van der Waals surface area contributed by atoms with Crippen LogP contribution in [0.15, 0.2) is 35.7 Å². The Labute approximate surface area is 108 Å². The number of aryl methyl sites for hydroxylation is 1. The first-order valence-electron chi connectivity index (χ1n) is 5.21. The van der Waals surface area contributed by atoms with Crippen molar-refractivity contribution < 1.29 is 9.90 Å². The molecule has 0 unspecified atom stereocenters. The van der Waals surface area contributed by atoms with E-state index in [4.69, 9.17) is 0 Å². The first-order valence-corrected chi connectivity index (χ1v) is 6.20. The van der Waals surface area contributed by atoms with Gasteiger partial charge in [-0.3, -0.25) is 4.79 Å². The highest BCUT2D eigenvalue weighted by molar-refractivity contribution is 7.99. The molecule has 1 amide bonds. The van der Waals surface area contributed by atoms with Crippen molar-refractivity contribution in [1.82, 2.24) is 14.8 Å². The maximum absolute atomic E-state index is 11.7. The fourth-order valence-corrected chi connectivity index (χ4v) is 1.99. The number of benzene rings is 1. The van der Waals surface area contributed by atoms with E-state index in [1.165, 1.54) is 17.8 Å². The second-order valence-electron chi connectivity index (χ2n) is 3.58. The van der Waals surface area contributed by atoms with E-state index >= 15 is 0 Å². The first-order chi connectivity index (χ1) is 8.66. The maximum atomic E-state index is 11.7. The largest absolute Gasteiger partial charge is 0.506 e. The molecule has 1 heterocycles. The number of carbonyl (C=O) groups excluding carboxylic acids is 1. The van der Waals surface area contributed by atoms with Crippen molar-refractivity contribution in [2.24, 2.45) is 7.05 Å². The Morgan fingerprint density at radius 3 is 2.94 bits per heavy atom. The molecule has 0 bridgehead atoms. The molecule has 0 fully saturated rings. The Morgan fingerprint density at radius 1 is 1.50 bits per heavy atom. The zero-order valence-electron chi connectivity index (χ0n) is 9.70. The summed E-state index contributed by atoms with van der Waals surface area (Å²) in [6.07, 6.45) is 1.57. The molecule has 94 valence electrons. The molecule has 0 aliphatic rings. The van der Waals surface area contributed by atoms with Crippen LogP contribution in [0.4, 0.5) is 5.69 Å². The SMILES string of the molecule is Cn1cnnc1SCC(=O)Nc1ccccc1O. The van der Waals surface area contributed by atoms with Gasteiger partial charge in [0.1, 0.15) is 12.1 Å². The number of thioether (sulfide) groups is 1. The van der Waals surface area contributed by atoms with Crippen LogP contribution >= 0.6 is 11.8 Å². The lowest BCUT2D eigenvalue weighted by atomic mass is 10.3. The predicted octanol–water partition coefficient (Wildman–Crippen LogP) is 1.25. The lowest BCUT2D eigenvalue weighted by molar-refractivity contribution is -0.113. The minimum absolute atomic E-state index is 0.0505. The van der Waals surface area contributed by atoms with E-state index in [1.807, 2.05) is 7.05 Å². The second-order valence-corrected chi connectivity index (χ2v) is 4.52. The highest BCUT2D eigenvalue weighted by Gasteiger charge is 2.08. The normalized spacial score (nSPS) is 10.3. The summed E-state index contributed by atoms with van der Waals surface area (Å²) in [5, 5.41) is 20.4. The van der Waals surface area contributed by atoms with Crippen molar-refractivity contribution >= 4 is 23.4 Å². The number of phenols is 1. The van der Waals surface area contributed by atoms with E-state index < -0.39 is 0 Å². The molecule has 0 atom stereocenters. The van der Waals surface area contributed by atoms with Gasteiger partial charge >= 0.3 is 0 Å². The summed E-state index contributed by atoms with van der Waals surface area (Å²) in [6, 6.07) is 6.59. The Bertz CT molecular complexity index is 555. The van der Waals surface area contributed by atoms with E-state index in [9.17, 15) is 9.90 Å². The van der Waals surface area contributed by atoms with Gasteiger partial charge in [-0.25, -0.2) is 0 Å². The van der Waals surface area contributed by atoms with Gasteiger partial charge in [0.15, 0.2) is 5.16 Å². The van der Waals surface area contributed by atoms with Gasteiger partial charge in [0.25, 0.3) is 0 Å². The van der Waals surface area contributed by atoms with E-state index in [1.54, 1.807) is 29.1 Å². The molecule has 0 saturated heterocycles. The van der Waals surface area contributed by atoms with Crippen LogP contribution in [-0.4, -0.2) is 31.5 Å². The molecular weight excluding hydrogens is 252 g/mol. The van der Waals surface area contributed by atoms with E-state index in [0.29, 0.717) is 10.8 Å². The van der Waals surface area contributed by atoms with Gasteiger partial charge in [0, 0.05) is 7.05 Å². The van der Waals surface area contributed by atoms with Crippen LogP contribution in [0.5, 0.6) is 5.75 Å². The summed E-state index contributed by atoms with van der Waals surface area (Å²) in [6.45, 7) is 0. The minimum Gasteiger partial charge on any atom is -0.506 e. The average Bonchev–Trinajstić information content (AvgIpc) is 2.75. The monoisotopic (exact) mass is 264 g/mol. The quantitative estimate of drug-likeness (QED) is 0.641. The summed E-state index contributed by atoms with van der Waals surface area (Å²) in [5.74, 6) is 0.0555. The number of nitrogens with one attached hydrogen (secondary N) is 1. The van der Waals surface area contributed by atoms with Crippen molar-refractivity contribution in [3.63, 3.8) is 0 Å². The smallest absolute Gasteiger partial charge is 0.234 e. The molecule has 0 saturated carbocycles.